The van der Waals surface area contributed by atoms with Crippen molar-refractivity contribution in [1.29, 1.82) is 0 Å². The summed E-state index contributed by atoms with van der Waals surface area (Å²) in [7, 11) is 0. The van der Waals surface area contributed by atoms with Gasteiger partial charge in [0.2, 0.25) is 0 Å². The van der Waals surface area contributed by atoms with E-state index in [4.69, 9.17) is 16.7 Å². The maximum Gasteiger partial charge on any atom is 0.147 e. The standard InChI is InChI=1S/C12H13ClFN3O/c13-10-2-1-3-11(14)12(10)15-6-9-7-16-17(8-9)4-5-18/h1-3,7-8,15,18H,4-6H2. The van der Waals surface area contributed by atoms with Crippen LogP contribution in [0, 0.1) is 5.82 Å². The van der Waals surface area contributed by atoms with E-state index in [-0.39, 0.29) is 18.1 Å². The summed E-state index contributed by atoms with van der Waals surface area (Å²) in [6, 6.07) is 4.54. The second kappa shape index (κ2) is 5.84. The van der Waals surface area contributed by atoms with Gasteiger partial charge >= 0.3 is 0 Å². The summed E-state index contributed by atoms with van der Waals surface area (Å²) in [4.78, 5) is 0. The molecule has 1 heterocycles. The molecule has 1 aromatic heterocycles. The fourth-order valence-corrected chi connectivity index (χ4v) is 1.81. The van der Waals surface area contributed by atoms with Crippen molar-refractivity contribution in [3.05, 3.63) is 47.0 Å². The highest BCUT2D eigenvalue weighted by atomic mass is 35.5. The Kier molecular flexibility index (Phi) is 4.17. The minimum absolute atomic E-state index is 0.0354. The van der Waals surface area contributed by atoms with Crippen molar-refractivity contribution in [2.24, 2.45) is 0 Å². The van der Waals surface area contributed by atoms with Gasteiger partial charge in [-0.3, -0.25) is 4.68 Å². The van der Waals surface area contributed by atoms with Gasteiger partial charge in [0, 0.05) is 18.3 Å². The third-order valence-corrected chi connectivity index (χ3v) is 2.76. The van der Waals surface area contributed by atoms with E-state index < -0.39 is 0 Å². The van der Waals surface area contributed by atoms with Crippen molar-refractivity contribution in [1.82, 2.24) is 9.78 Å². The van der Waals surface area contributed by atoms with Crippen LogP contribution in [0.15, 0.2) is 30.6 Å². The van der Waals surface area contributed by atoms with E-state index in [2.05, 4.69) is 10.4 Å². The number of aliphatic hydroxyl groups excluding tert-OH is 1. The lowest BCUT2D eigenvalue weighted by Crippen LogP contribution is -2.03. The molecular weight excluding hydrogens is 257 g/mol. The van der Waals surface area contributed by atoms with E-state index in [1.807, 2.05) is 0 Å². The molecule has 2 N–H and O–H groups in total. The molecule has 0 spiro atoms. The Morgan fingerprint density at radius 2 is 2.28 bits per heavy atom. The molecule has 0 aliphatic rings. The molecule has 4 nitrogen and oxygen atoms in total. The smallest absolute Gasteiger partial charge is 0.147 e. The van der Waals surface area contributed by atoms with Crippen molar-refractivity contribution < 1.29 is 9.50 Å². The van der Waals surface area contributed by atoms with Crippen molar-refractivity contribution >= 4 is 17.3 Å². The fourth-order valence-electron chi connectivity index (χ4n) is 1.58. The molecule has 0 amide bonds. The Hall–Kier alpha value is -1.59. The summed E-state index contributed by atoms with van der Waals surface area (Å²) in [6.07, 6.45) is 3.45. The third-order valence-electron chi connectivity index (χ3n) is 2.45. The van der Waals surface area contributed by atoms with Crippen LogP contribution in [0.2, 0.25) is 5.02 Å². The van der Waals surface area contributed by atoms with Gasteiger partial charge in [-0.1, -0.05) is 17.7 Å². The topological polar surface area (TPSA) is 50.1 Å². The van der Waals surface area contributed by atoms with Crippen LogP contribution in [-0.4, -0.2) is 21.5 Å². The predicted molar refractivity (Wildman–Crippen MR) is 68.0 cm³/mol. The zero-order chi connectivity index (χ0) is 13.0. The van der Waals surface area contributed by atoms with E-state index in [1.165, 1.54) is 6.07 Å². The summed E-state index contributed by atoms with van der Waals surface area (Å²) in [5, 5.41) is 16.1. The molecule has 0 saturated carbocycles. The molecule has 6 heteroatoms. The SMILES string of the molecule is OCCn1cc(CNc2c(F)cccc2Cl)cn1. The van der Waals surface area contributed by atoms with E-state index in [9.17, 15) is 4.39 Å². The normalized spacial score (nSPS) is 10.6. The molecule has 0 fully saturated rings. The van der Waals surface area contributed by atoms with Gasteiger partial charge in [0.15, 0.2) is 0 Å². The number of para-hydroxylation sites is 1. The lowest BCUT2D eigenvalue weighted by molar-refractivity contribution is 0.269. The second-order valence-electron chi connectivity index (χ2n) is 3.79. The Morgan fingerprint density at radius 3 is 3.00 bits per heavy atom. The second-order valence-corrected chi connectivity index (χ2v) is 4.19. The Labute approximate surface area is 109 Å². The predicted octanol–water partition coefficient (Wildman–Crippen LogP) is 2.28. The van der Waals surface area contributed by atoms with E-state index in [1.54, 1.807) is 29.2 Å². The lowest BCUT2D eigenvalue weighted by Gasteiger charge is -2.07. The molecular formula is C12H13ClFN3O. The van der Waals surface area contributed by atoms with Crippen LogP contribution in [0.1, 0.15) is 5.56 Å². The Bertz CT molecular complexity index is 510. The highest BCUT2D eigenvalue weighted by Crippen LogP contribution is 2.24. The van der Waals surface area contributed by atoms with Crippen LogP contribution < -0.4 is 5.32 Å². The van der Waals surface area contributed by atoms with Gasteiger partial charge in [0.25, 0.3) is 0 Å². The van der Waals surface area contributed by atoms with Gasteiger partial charge in [-0.25, -0.2) is 4.39 Å². The number of hydrogen-bond donors (Lipinski definition) is 2. The number of aliphatic hydroxyl groups is 1. The number of benzene rings is 1. The van der Waals surface area contributed by atoms with Gasteiger partial charge in [-0.05, 0) is 12.1 Å². The number of hydrogen-bond acceptors (Lipinski definition) is 3. The highest BCUT2D eigenvalue weighted by Gasteiger charge is 2.06. The van der Waals surface area contributed by atoms with Gasteiger partial charge in [0.05, 0.1) is 30.1 Å². The molecule has 0 unspecified atom stereocenters. The molecule has 18 heavy (non-hydrogen) atoms. The summed E-state index contributed by atoms with van der Waals surface area (Å²) >= 11 is 5.89. The van der Waals surface area contributed by atoms with Crippen LogP contribution in [-0.2, 0) is 13.1 Å². The van der Waals surface area contributed by atoms with E-state index in [0.29, 0.717) is 18.1 Å². The number of anilines is 1. The summed E-state index contributed by atoms with van der Waals surface area (Å²) in [5.41, 5.74) is 1.18. The van der Waals surface area contributed by atoms with E-state index >= 15 is 0 Å². The van der Waals surface area contributed by atoms with Crippen LogP contribution in [0.4, 0.5) is 10.1 Å². The first kappa shape index (κ1) is 12.9. The third kappa shape index (κ3) is 3.00. The molecule has 1 aromatic carbocycles. The number of aromatic nitrogens is 2. The zero-order valence-electron chi connectivity index (χ0n) is 9.61. The number of rotatable bonds is 5. The molecule has 0 radical (unpaired) electrons. The molecule has 2 rings (SSSR count). The minimum atomic E-state index is -0.384. The van der Waals surface area contributed by atoms with Crippen LogP contribution >= 0.6 is 11.6 Å². The van der Waals surface area contributed by atoms with Gasteiger partial charge in [-0.2, -0.15) is 5.10 Å². The van der Waals surface area contributed by atoms with Crippen molar-refractivity contribution in [2.75, 3.05) is 11.9 Å². The highest BCUT2D eigenvalue weighted by molar-refractivity contribution is 6.33. The molecule has 0 aliphatic carbocycles. The van der Waals surface area contributed by atoms with Gasteiger partial charge in [-0.15, -0.1) is 0 Å². The Morgan fingerprint density at radius 1 is 1.44 bits per heavy atom. The summed E-state index contributed by atoms with van der Waals surface area (Å²) in [5.74, 6) is -0.384. The van der Waals surface area contributed by atoms with Crippen LogP contribution in [0.25, 0.3) is 0 Å². The average molecular weight is 270 g/mol. The quantitative estimate of drug-likeness (QED) is 0.876. The molecule has 0 aliphatic heterocycles. The van der Waals surface area contributed by atoms with Gasteiger partial charge in [0.1, 0.15) is 5.82 Å². The number of nitrogens with zero attached hydrogens (tertiary/aromatic N) is 2. The maximum absolute atomic E-state index is 13.5. The summed E-state index contributed by atoms with van der Waals surface area (Å²) in [6.45, 7) is 0.903. The first-order chi connectivity index (χ1) is 8.70. The number of nitrogens with one attached hydrogen (secondary N) is 1. The fraction of sp³-hybridized carbons (Fsp3) is 0.250. The Balaban J connectivity index is 2.02. The van der Waals surface area contributed by atoms with E-state index in [0.717, 1.165) is 5.56 Å². The minimum Gasteiger partial charge on any atom is -0.394 e. The monoisotopic (exact) mass is 269 g/mol. The van der Waals surface area contributed by atoms with Gasteiger partial charge < -0.3 is 10.4 Å². The van der Waals surface area contributed by atoms with Crippen LogP contribution in [0.5, 0.6) is 0 Å². The summed E-state index contributed by atoms with van der Waals surface area (Å²) < 4.78 is 15.1. The van der Waals surface area contributed by atoms with Crippen molar-refractivity contribution in [3.63, 3.8) is 0 Å². The maximum atomic E-state index is 13.5. The van der Waals surface area contributed by atoms with Crippen molar-refractivity contribution in [3.8, 4) is 0 Å². The average Bonchev–Trinajstić information content (AvgIpc) is 2.77. The van der Waals surface area contributed by atoms with Crippen LogP contribution in [0.3, 0.4) is 0 Å². The first-order valence-corrected chi connectivity index (χ1v) is 5.88. The zero-order valence-corrected chi connectivity index (χ0v) is 10.4. The molecule has 2 aromatic rings. The van der Waals surface area contributed by atoms with Crippen molar-refractivity contribution in [2.45, 2.75) is 13.1 Å². The molecule has 96 valence electrons. The largest absolute Gasteiger partial charge is 0.394 e. The first-order valence-electron chi connectivity index (χ1n) is 5.51. The lowest BCUT2D eigenvalue weighted by atomic mass is 10.3. The molecule has 0 atom stereocenters. The molecule has 0 bridgehead atoms. The molecule has 0 saturated heterocycles. The number of halogens is 2.